The molecule has 41 heavy (non-hydrogen) atoms. The number of azo groups is 1. The minimum atomic E-state index is -3.79. The van der Waals surface area contributed by atoms with E-state index in [1.807, 2.05) is 0 Å². The number of hydrogen-bond donors (Lipinski definition) is 9. The van der Waals surface area contributed by atoms with Crippen molar-refractivity contribution < 1.29 is 49.0 Å². The number of benzene rings is 2. The average molecular weight is 594 g/mol. The molecule has 0 bridgehead atoms. The van der Waals surface area contributed by atoms with Crippen molar-refractivity contribution in [2.45, 2.75) is 29.3 Å². The molecule has 0 aliphatic heterocycles. The zero-order valence-corrected chi connectivity index (χ0v) is 22.5. The number of hydrogen-bond acceptors (Lipinski definition) is 13. The monoisotopic (exact) mass is 593 g/mol. The summed E-state index contributed by atoms with van der Waals surface area (Å²) in [6.07, 6.45) is -4.17. The second-order valence-electron chi connectivity index (χ2n) is 8.38. The number of aromatic hydroxyl groups is 1. The number of anilines is 1. The second kappa shape index (κ2) is 15.7. The zero-order valence-electron chi connectivity index (χ0n) is 21.7. The highest BCUT2D eigenvalue weighted by molar-refractivity contribution is 7.92. The number of aliphatic hydroxyl groups is 5. The van der Waals surface area contributed by atoms with Crippen LogP contribution in [0.5, 0.6) is 5.75 Å². The van der Waals surface area contributed by atoms with E-state index < -0.39 is 47.0 Å². The molecule has 0 unspecified atom stereocenters. The van der Waals surface area contributed by atoms with Gasteiger partial charge in [0.05, 0.1) is 29.0 Å². The molecule has 0 radical (unpaired) electrons. The SMILES string of the molecule is CNC[C@H](O)[C@@H](O)[C@H](O)[C@H](O)CO.O=C(O)c1cc(N=Nc2ccc(S(=O)(=O)Nc3ccccn3)cc2)ccc1O. The Bertz CT molecular complexity index is 1390. The molecule has 4 atom stereocenters. The smallest absolute Gasteiger partial charge is 0.339 e. The maximum absolute atomic E-state index is 12.3. The number of aliphatic hydroxyl groups excluding tert-OH is 5. The number of nitrogens with zero attached hydrogens (tertiary/aromatic N) is 3. The van der Waals surface area contributed by atoms with Gasteiger partial charge in [-0.3, -0.25) is 4.72 Å². The van der Waals surface area contributed by atoms with Crippen LogP contribution < -0.4 is 10.0 Å². The number of rotatable bonds is 12. The topological polar surface area (TPSA) is 254 Å². The number of aromatic nitrogens is 1. The summed E-state index contributed by atoms with van der Waals surface area (Å²) in [5.41, 5.74) is 0.295. The average Bonchev–Trinajstić information content (AvgIpc) is 2.96. The molecule has 0 fully saturated rings. The molecule has 1 aromatic heterocycles. The Morgan fingerprint density at radius 3 is 2.10 bits per heavy atom. The van der Waals surface area contributed by atoms with Crippen molar-refractivity contribution in [3.63, 3.8) is 0 Å². The lowest BCUT2D eigenvalue weighted by molar-refractivity contribution is -0.113. The Labute approximate surface area is 235 Å². The Morgan fingerprint density at radius 1 is 0.927 bits per heavy atom. The van der Waals surface area contributed by atoms with Crippen LogP contribution >= 0.6 is 0 Å². The Balaban J connectivity index is 0.000000383. The van der Waals surface area contributed by atoms with E-state index in [9.17, 15) is 23.4 Å². The van der Waals surface area contributed by atoms with Crippen molar-refractivity contribution in [3.05, 3.63) is 72.4 Å². The first-order chi connectivity index (χ1) is 19.4. The standard InChI is InChI=1S/C18H14N4O5S.C7H17NO5/c23-16-9-6-13(11-15(16)18(24)25)21-20-12-4-7-14(8-5-12)28(26,27)22-17-3-1-2-10-19-17;1-8-2-4(10)6(12)7(13)5(11)3-9/h1-11,23H,(H,19,22)(H,24,25);4-13H,2-3H2,1H3/t;4-,5+,6+,7+/m.0/s1. The second-order valence-corrected chi connectivity index (χ2v) is 10.1. The van der Waals surface area contributed by atoms with Crippen molar-refractivity contribution in [3.8, 4) is 5.75 Å². The molecule has 0 amide bonds. The molecule has 15 nitrogen and oxygen atoms in total. The number of carbonyl (C=O) groups is 1. The van der Waals surface area contributed by atoms with Crippen molar-refractivity contribution in [2.75, 3.05) is 24.9 Å². The molecular formula is C25H31N5O10S. The molecule has 16 heteroatoms. The molecule has 222 valence electrons. The third-order valence-electron chi connectivity index (χ3n) is 5.28. The molecule has 0 spiro atoms. The van der Waals surface area contributed by atoms with Gasteiger partial charge in [0.15, 0.2) is 0 Å². The number of likely N-dealkylation sites (N-methyl/N-ethyl adjacent to an activating group) is 1. The number of pyridine rings is 1. The molecule has 0 aliphatic rings. The van der Waals surface area contributed by atoms with Gasteiger partial charge < -0.3 is 41.1 Å². The van der Waals surface area contributed by atoms with Gasteiger partial charge in [0, 0.05) is 12.7 Å². The van der Waals surface area contributed by atoms with E-state index in [2.05, 4.69) is 25.3 Å². The quantitative estimate of drug-likeness (QED) is 0.129. The van der Waals surface area contributed by atoms with Crippen LogP contribution in [0, 0.1) is 0 Å². The third-order valence-corrected chi connectivity index (χ3v) is 6.65. The molecule has 1 heterocycles. The van der Waals surface area contributed by atoms with Gasteiger partial charge in [0.2, 0.25) is 0 Å². The van der Waals surface area contributed by atoms with Crippen LogP contribution in [0.4, 0.5) is 17.2 Å². The lowest BCUT2D eigenvalue weighted by Gasteiger charge is -2.25. The van der Waals surface area contributed by atoms with Crippen LogP contribution in [0.25, 0.3) is 0 Å². The van der Waals surface area contributed by atoms with Crippen LogP contribution in [0.1, 0.15) is 10.4 Å². The number of carboxylic acids is 1. The Hall–Kier alpha value is -4.03. The predicted octanol–water partition coefficient (Wildman–Crippen LogP) is 0.343. The summed E-state index contributed by atoms with van der Waals surface area (Å²) in [4.78, 5) is 14.9. The van der Waals surface area contributed by atoms with Crippen molar-refractivity contribution >= 4 is 33.2 Å². The first kappa shape index (κ1) is 33.2. The summed E-state index contributed by atoms with van der Waals surface area (Å²) in [6.45, 7) is -0.569. The summed E-state index contributed by atoms with van der Waals surface area (Å²) >= 11 is 0. The maximum Gasteiger partial charge on any atom is 0.339 e. The molecular weight excluding hydrogens is 562 g/mol. The Morgan fingerprint density at radius 2 is 1.54 bits per heavy atom. The van der Waals surface area contributed by atoms with Crippen molar-refractivity contribution in [1.29, 1.82) is 0 Å². The summed E-state index contributed by atoms with van der Waals surface area (Å²) < 4.78 is 27.0. The number of phenols is 1. The van der Waals surface area contributed by atoms with Gasteiger partial charge in [-0.1, -0.05) is 6.07 Å². The minimum Gasteiger partial charge on any atom is -0.507 e. The van der Waals surface area contributed by atoms with E-state index in [1.165, 1.54) is 54.7 Å². The first-order valence-electron chi connectivity index (χ1n) is 11.9. The Kier molecular flexibility index (Phi) is 12.7. The lowest BCUT2D eigenvalue weighted by Crippen LogP contribution is -2.48. The normalized spacial score (nSPS) is 14.4. The van der Waals surface area contributed by atoms with Crippen LogP contribution in [0.2, 0.25) is 0 Å². The summed E-state index contributed by atoms with van der Waals surface area (Å²) in [5, 5.41) is 73.8. The minimum absolute atomic E-state index is 0.0231. The number of aromatic carboxylic acids is 1. The van der Waals surface area contributed by atoms with Gasteiger partial charge in [-0.05, 0) is 61.6 Å². The lowest BCUT2D eigenvalue weighted by atomic mass is 10.0. The largest absolute Gasteiger partial charge is 0.507 e. The highest BCUT2D eigenvalue weighted by Crippen LogP contribution is 2.26. The zero-order chi connectivity index (χ0) is 30.6. The van der Waals surface area contributed by atoms with Crippen LogP contribution in [0.3, 0.4) is 0 Å². The van der Waals surface area contributed by atoms with Crippen LogP contribution in [-0.2, 0) is 10.0 Å². The highest BCUT2D eigenvalue weighted by Gasteiger charge is 2.29. The van der Waals surface area contributed by atoms with E-state index in [4.69, 9.17) is 25.5 Å². The molecule has 3 rings (SSSR count). The van der Waals surface area contributed by atoms with E-state index >= 15 is 0 Å². The molecule has 2 aromatic carbocycles. The molecule has 0 saturated carbocycles. The highest BCUT2D eigenvalue weighted by atomic mass is 32.2. The fraction of sp³-hybridized carbons (Fsp3) is 0.280. The van der Waals surface area contributed by atoms with Crippen molar-refractivity contribution in [1.82, 2.24) is 10.3 Å². The number of nitrogens with one attached hydrogen (secondary N) is 2. The number of sulfonamides is 1. The number of carboxylic acid groups (broad SMARTS) is 1. The molecule has 9 N–H and O–H groups in total. The first-order valence-corrected chi connectivity index (χ1v) is 13.4. The van der Waals surface area contributed by atoms with Gasteiger partial charge in [-0.15, -0.1) is 0 Å². The summed E-state index contributed by atoms with van der Waals surface area (Å²) in [5.74, 6) is -1.46. The summed E-state index contributed by atoms with van der Waals surface area (Å²) in [6, 6.07) is 14.3. The molecule has 3 aromatic rings. The molecule has 0 aliphatic carbocycles. The van der Waals surface area contributed by atoms with E-state index in [1.54, 1.807) is 19.2 Å². The van der Waals surface area contributed by atoms with Crippen LogP contribution in [0.15, 0.2) is 82.0 Å². The van der Waals surface area contributed by atoms with Gasteiger partial charge in [-0.25, -0.2) is 18.2 Å². The van der Waals surface area contributed by atoms with E-state index in [-0.39, 0.29) is 34.3 Å². The third kappa shape index (κ3) is 10.1. The fourth-order valence-corrected chi connectivity index (χ4v) is 4.09. The van der Waals surface area contributed by atoms with Crippen molar-refractivity contribution in [2.24, 2.45) is 10.2 Å². The van der Waals surface area contributed by atoms with E-state index in [0.29, 0.717) is 5.69 Å². The summed E-state index contributed by atoms with van der Waals surface area (Å²) in [7, 11) is -2.22. The fourth-order valence-electron chi connectivity index (χ4n) is 3.08. The van der Waals surface area contributed by atoms with Gasteiger partial charge in [-0.2, -0.15) is 10.2 Å². The van der Waals surface area contributed by atoms with Gasteiger partial charge in [0.25, 0.3) is 10.0 Å². The van der Waals surface area contributed by atoms with E-state index in [0.717, 1.165) is 0 Å². The molecule has 0 saturated heterocycles. The maximum atomic E-state index is 12.3. The van der Waals surface area contributed by atoms with Gasteiger partial charge >= 0.3 is 5.97 Å². The van der Waals surface area contributed by atoms with Gasteiger partial charge in [0.1, 0.15) is 35.4 Å². The van der Waals surface area contributed by atoms with Crippen LogP contribution in [-0.4, -0.2) is 99.7 Å². The predicted molar refractivity (Wildman–Crippen MR) is 146 cm³/mol.